The first-order valence-electron chi connectivity index (χ1n) is 11.6. The molecule has 0 unspecified atom stereocenters. The highest BCUT2D eigenvalue weighted by molar-refractivity contribution is 5.84. The Balaban J connectivity index is 0.00000361. The molecule has 6 nitrogen and oxygen atoms in total. The Morgan fingerprint density at radius 2 is 1.56 bits per heavy atom. The second-order valence-electron chi connectivity index (χ2n) is 9.48. The van der Waals surface area contributed by atoms with Gasteiger partial charge in [-0.1, -0.05) is 42.5 Å². The Labute approximate surface area is 217 Å². The van der Waals surface area contributed by atoms with Gasteiger partial charge in [0.15, 0.2) is 5.76 Å². The molecule has 0 bridgehead atoms. The minimum absolute atomic E-state index is 0. The summed E-state index contributed by atoms with van der Waals surface area (Å²) in [7, 11) is 6.19. The maximum absolute atomic E-state index is 13.3. The molecule has 0 aliphatic rings. The Bertz CT molecular complexity index is 1360. The molecule has 1 heterocycles. The molecule has 0 atom stereocenters. The van der Waals surface area contributed by atoms with Gasteiger partial charge in [0.2, 0.25) is 11.2 Å². The quantitative estimate of drug-likeness (QED) is 0.257. The number of esters is 1. The molecule has 4 rings (SSSR count). The van der Waals surface area contributed by atoms with Gasteiger partial charge in [-0.25, -0.2) is 0 Å². The molecule has 36 heavy (non-hydrogen) atoms. The van der Waals surface area contributed by atoms with E-state index in [1.807, 2.05) is 30.3 Å². The van der Waals surface area contributed by atoms with E-state index in [-0.39, 0.29) is 35.8 Å². The molecule has 0 spiro atoms. The van der Waals surface area contributed by atoms with E-state index in [4.69, 9.17) is 13.9 Å². The first-order valence-corrected chi connectivity index (χ1v) is 11.6. The van der Waals surface area contributed by atoms with Crippen LogP contribution in [0, 0.1) is 0 Å². The lowest BCUT2D eigenvalue weighted by molar-refractivity contribution is -0.870. The maximum atomic E-state index is 13.3. The Kier molecular flexibility index (Phi) is 8.91. The van der Waals surface area contributed by atoms with Crippen molar-refractivity contribution >= 4 is 16.9 Å². The average Bonchev–Trinajstić information content (AvgIpc) is 2.84. The molecule has 0 radical (unpaired) electrons. The van der Waals surface area contributed by atoms with Gasteiger partial charge in [0.1, 0.15) is 17.9 Å². The molecule has 0 saturated carbocycles. The third-order valence-corrected chi connectivity index (χ3v) is 5.55. The van der Waals surface area contributed by atoms with E-state index in [9.17, 15) is 9.59 Å². The van der Waals surface area contributed by atoms with Crippen molar-refractivity contribution in [2.45, 2.75) is 19.4 Å². The number of benzene rings is 3. The molecular weight excluding hydrogens is 478 g/mol. The zero-order chi connectivity index (χ0) is 24.8. The third kappa shape index (κ3) is 6.97. The van der Waals surface area contributed by atoms with Crippen LogP contribution >= 0.6 is 0 Å². The van der Waals surface area contributed by atoms with Crippen LogP contribution in [-0.2, 0) is 11.4 Å². The summed E-state index contributed by atoms with van der Waals surface area (Å²) in [5.74, 6) is 0.366. The largest absolute Gasteiger partial charge is 1.00 e. The van der Waals surface area contributed by atoms with Crippen molar-refractivity contribution < 1.29 is 35.6 Å². The van der Waals surface area contributed by atoms with E-state index in [0.717, 1.165) is 16.6 Å². The smallest absolute Gasteiger partial charge is 0.311 e. The van der Waals surface area contributed by atoms with Crippen LogP contribution in [0.3, 0.4) is 0 Å². The van der Waals surface area contributed by atoms with Crippen LogP contribution in [0.1, 0.15) is 18.4 Å². The Morgan fingerprint density at radius 3 is 2.25 bits per heavy atom. The lowest BCUT2D eigenvalue weighted by Crippen LogP contribution is -3.00. The highest BCUT2D eigenvalue weighted by atomic mass is 35.5. The Morgan fingerprint density at radius 1 is 0.889 bits per heavy atom. The minimum atomic E-state index is -0.454. The highest BCUT2D eigenvalue weighted by Crippen LogP contribution is 2.32. The summed E-state index contributed by atoms with van der Waals surface area (Å²) < 4.78 is 18.3. The second-order valence-corrected chi connectivity index (χ2v) is 9.48. The van der Waals surface area contributed by atoms with Crippen LogP contribution in [0.5, 0.6) is 11.5 Å². The van der Waals surface area contributed by atoms with Crippen molar-refractivity contribution in [2.75, 3.05) is 27.7 Å². The number of rotatable bonds is 9. The van der Waals surface area contributed by atoms with Crippen molar-refractivity contribution in [2.24, 2.45) is 0 Å². The standard InChI is InChI=1S/C29H30NO5.ClH/c1-30(2,3)19-9-14-26(31)35-29-27(32)24-12-7-8-13-25(24)34-28(29)22-15-17-23(18-16-22)33-20-21-10-5-4-6-11-21;/h4-8,10-13,15-18H,9,14,19-20H2,1-3H3;1H/q+1;/p-1. The molecule has 0 saturated heterocycles. The number of hydrogen-bond acceptors (Lipinski definition) is 5. The van der Waals surface area contributed by atoms with E-state index in [1.54, 1.807) is 48.5 Å². The molecule has 188 valence electrons. The molecule has 1 aromatic heterocycles. The lowest BCUT2D eigenvalue weighted by atomic mass is 10.1. The van der Waals surface area contributed by atoms with E-state index in [0.29, 0.717) is 35.3 Å². The number of para-hydroxylation sites is 1. The first-order chi connectivity index (χ1) is 16.8. The van der Waals surface area contributed by atoms with Crippen LogP contribution in [-0.4, -0.2) is 38.1 Å². The second kappa shape index (κ2) is 11.9. The first kappa shape index (κ1) is 27.0. The average molecular weight is 508 g/mol. The summed E-state index contributed by atoms with van der Waals surface area (Å²) in [6, 6.07) is 24.0. The van der Waals surface area contributed by atoms with Crippen LogP contribution in [0.15, 0.2) is 88.1 Å². The summed E-state index contributed by atoms with van der Waals surface area (Å²) in [6.07, 6.45) is 0.873. The number of quaternary nitrogens is 1. The van der Waals surface area contributed by atoms with Gasteiger partial charge in [0, 0.05) is 12.0 Å². The van der Waals surface area contributed by atoms with Gasteiger partial charge in [-0.15, -0.1) is 0 Å². The molecule has 0 aliphatic carbocycles. The van der Waals surface area contributed by atoms with Gasteiger partial charge in [0.25, 0.3) is 0 Å². The number of fused-ring (bicyclic) bond motifs is 1. The molecule has 3 aromatic carbocycles. The van der Waals surface area contributed by atoms with Crippen LogP contribution in [0.25, 0.3) is 22.3 Å². The molecular formula is C29H30ClNO5. The van der Waals surface area contributed by atoms with Crippen molar-refractivity contribution in [1.29, 1.82) is 0 Å². The van der Waals surface area contributed by atoms with Gasteiger partial charge in [-0.3, -0.25) is 9.59 Å². The number of ether oxygens (including phenoxy) is 2. The number of hydrogen-bond donors (Lipinski definition) is 0. The van der Waals surface area contributed by atoms with Crippen molar-refractivity contribution in [3.8, 4) is 22.8 Å². The van der Waals surface area contributed by atoms with Gasteiger partial charge >= 0.3 is 5.97 Å². The topological polar surface area (TPSA) is 65.7 Å². The van der Waals surface area contributed by atoms with Gasteiger partial charge < -0.3 is 30.8 Å². The minimum Gasteiger partial charge on any atom is -1.00 e. The highest BCUT2D eigenvalue weighted by Gasteiger charge is 2.21. The van der Waals surface area contributed by atoms with E-state index in [2.05, 4.69) is 21.1 Å². The predicted molar refractivity (Wildman–Crippen MR) is 136 cm³/mol. The fourth-order valence-electron chi connectivity index (χ4n) is 3.71. The van der Waals surface area contributed by atoms with Gasteiger partial charge in [-0.05, 0) is 42.0 Å². The van der Waals surface area contributed by atoms with Crippen LogP contribution in [0.4, 0.5) is 0 Å². The summed E-state index contributed by atoms with van der Waals surface area (Å²) in [6.45, 7) is 1.26. The number of carbonyl (C=O) groups excluding carboxylic acids is 1. The lowest BCUT2D eigenvalue weighted by Gasteiger charge is -2.23. The van der Waals surface area contributed by atoms with E-state index in [1.165, 1.54) is 0 Å². The van der Waals surface area contributed by atoms with Crippen LogP contribution < -0.4 is 27.3 Å². The maximum Gasteiger partial charge on any atom is 0.311 e. The third-order valence-electron chi connectivity index (χ3n) is 5.55. The fourth-order valence-corrected chi connectivity index (χ4v) is 3.71. The zero-order valence-corrected chi connectivity index (χ0v) is 21.5. The zero-order valence-electron chi connectivity index (χ0n) is 20.7. The SMILES string of the molecule is C[N+](C)(C)CCCC(=O)Oc1c(-c2ccc(OCc3ccccc3)cc2)oc2ccccc2c1=O.[Cl-]. The molecule has 7 heteroatoms. The monoisotopic (exact) mass is 507 g/mol. The molecule has 4 aromatic rings. The van der Waals surface area contributed by atoms with E-state index >= 15 is 0 Å². The molecule has 0 N–H and O–H groups in total. The molecule has 0 amide bonds. The van der Waals surface area contributed by atoms with Crippen molar-refractivity contribution in [3.63, 3.8) is 0 Å². The van der Waals surface area contributed by atoms with Crippen molar-refractivity contribution in [3.05, 3.63) is 94.6 Å². The normalized spacial score (nSPS) is 11.1. The molecule has 0 fully saturated rings. The summed E-state index contributed by atoms with van der Waals surface area (Å²) in [5.41, 5.74) is 1.75. The fraction of sp³-hybridized carbons (Fsp3) is 0.241. The van der Waals surface area contributed by atoms with Gasteiger partial charge in [0.05, 0.1) is 39.5 Å². The Hall–Kier alpha value is -3.61. The van der Waals surface area contributed by atoms with Gasteiger partial charge in [-0.2, -0.15) is 0 Å². The van der Waals surface area contributed by atoms with Crippen LogP contribution in [0.2, 0.25) is 0 Å². The summed E-state index contributed by atoms with van der Waals surface area (Å²) in [5, 5.41) is 0.369. The summed E-state index contributed by atoms with van der Waals surface area (Å²) in [4.78, 5) is 25.9. The number of nitrogens with zero attached hydrogens (tertiary/aromatic N) is 1. The number of halogens is 1. The number of carbonyl (C=O) groups is 1. The predicted octanol–water partition coefficient (Wildman–Crippen LogP) is 2.43. The molecule has 0 aliphatic heterocycles. The summed E-state index contributed by atoms with van der Waals surface area (Å²) >= 11 is 0. The van der Waals surface area contributed by atoms with E-state index < -0.39 is 5.97 Å². The van der Waals surface area contributed by atoms with Crippen molar-refractivity contribution in [1.82, 2.24) is 0 Å².